The van der Waals surface area contributed by atoms with Crippen LogP contribution in [0.1, 0.15) is 26.5 Å². The number of hydrogen-bond acceptors (Lipinski definition) is 14. The molecule has 3 heterocycles. The highest BCUT2D eigenvalue weighted by atomic mass is 33.1. The Labute approximate surface area is 223 Å². The summed E-state index contributed by atoms with van der Waals surface area (Å²) in [4.78, 5) is 59.0. The van der Waals surface area contributed by atoms with Crippen molar-refractivity contribution in [1.82, 2.24) is 19.5 Å². The third-order valence-electron chi connectivity index (χ3n) is 4.40. The van der Waals surface area contributed by atoms with Crippen LogP contribution >= 0.6 is 45.1 Å². The van der Waals surface area contributed by atoms with Crippen molar-refractivity contribution >= 4 is 70.0 Å². The van der Waals surface area contributed by atoms with Gasteiger partial charge in [0, 0.05) is 6.42 Å². The summed E-state index contributed by atoms with van der Waals surface area (Å²) in [5.41, 5.74) is 5.17. The van der Waals surface area contributed by atoms with Gasteiger partial charge in [-0.25, -0.2) is 18.7 Å². The molecule has 0 aromatic carbocycles. The molecule has 0 aliphatic carbocycles. The van der Waals surface area contributed by atoms with Crippen LogP contribution in [0.15, 0.2) is 11.1 Å². The fraction of sp³-hybridized carbons (Fsp3) is 0.643. The van der Waals surface area contributed by atoms with E-state index in [1.54, 1.807) is 10.8 Å². The van der Waals surface area contributed by atoms with Gasteiger partial charge in [0.05, 0.1) is 19.0 Å². The lowest BCUT2D eigenvalue weighted by atomic mass is 9.91. The Bertz CT molecular complexity index is 1350. The number of ether oxygens (including phenoxy) is 2. The molecule has 0 bridgehead atoms. The lowest BCUT2D eigenvalue weighted by Crippen LogP contribution is -2.29. The molecule has 0 saturated carbocycles. The first-order valence-corrected chi connectivity index (χ1v) is 17.3. The number of aromatic nitrogens is 4. The van der Waals surface area contributed by atoms with Gasteiger partial charge in [0.15, 0.2) is 11.2 Å². The Kier molecular flexibility index (Phi) is 10.0. The molecule has 3 unspecified atom stereocenters. The van der Waals surface area contributed by atoms with E-state index >= 15 is 0 Å². The monoisotopic (exact) mass is 639 g/mol. The van der Waals surface area contributed by atoms with E-state index in [-0.39, 0.29) is 34.1 Å². The normalized spacial score (nSPS) is 23.9. The quantitative estimate of drug-likeness (QED) is 0.0570. The van der Waals surface area contributed by atoms with Gasteiger partial charge >= 0.3 is 23.5 Å². The van der Waals surface area contributed by atoms with E-state index in [0.29, 0.717) is 0 Å². The van der Waals surface area contributed by atoms with Crippen molar-refractivity contribution in [3.63, 3.8) is 0 Å². The fourth-order valence-electron chi connectivity index (χ4n) is 3.14. The molecular weight excluding hydrogens is 614 g/mol. The van der Waals surface area contributed by atoms with Crippen molar-refractivity contribution in [3.8, 4) is 0 Å². The number of hydrogen-bond donors (Lipinski definition) is 6. The van der Waals surface area contributed by atoms with Crippen LogP contribution in [0.3, 0.4) is 0 Å². The Morgan fingerprint density at radius 3 is 2.58 bits per heavy atom. The van der Waals surface area contributed by atoms with Gasteiger partial charge in [-0.3, -0.25) is 18.9 Å². The summed E-state index contributed by atoms with van der Waals surface area (Å²) in [5.74, 6) is 0.0270. The molecule has 3 rings (SSSR count). The number of imidazole rings is 1. The number of aromatic amines is 1. The smallest absolute Gasteiger partial charge is 0.369 e. The fourth-order valence-corrected chi connectivity index (χ4v) is 8.17. The SMILES string of the molecule is BC(C)(C)SSCO[C@@H]1C[C@H](n2cnc3c(=O)[nH]c(N)nc32)OC1COP(=O)(O)OP(=O)(O)OP(=O)(O)O. The summed E-state index contributed by atoms with van der Waals surface area (Å²) in [6, 6.07) is 0. The van der Waals surface area contributed by atoms with Crippen molar-refractivity contribution in [2.45, 2.75) is 43.4 Å². The molecule has 2 aromatic heterocycles. The second-order valence-corrected chi connectivity index (χ2v) is 16.2. The van der Waals surface area contributed by atoms with Gasteiger partial charge in [0.1, 0.15) is 26.1 Å². The molecule has 0 amide bonds. The molecule has 7 N–H and O–H groups in total. The minimum absolute atomic E-state index is 0.00545. The van der Waals surface area contributed by atoms with E-state index in [4.69, 9.17) is 29.5 Å². The van der Waals surface area contributed by atoms with Gasteiger partial charge in [0.2, 0.25) is 5.95 Å². The van der Waals surface area contributed by atoms with Crippen LogP contribution in [0.25, 0.3) is 11.2 Å². The number of H-pyrrole nitrogens is 1. The molecule has 18 nitrogen and oxygen atoms in total. The topological polar surface area (TPSA) is 268 Å². The minimum Gasteiger partial charge on any atom is -0.369 e. The van der Waals surface area contributed by atoms with Crippen LogP contribution in [-0.4, -0.2) is 76.3 Å². The molecule has 38 heavy (non-hydrogen) atoms. The van der Waals surface area contributed by atoms with E-state index in [0.717, 1.165) is 0 Å². The van der Waals surface area contributed by atoms with E-state index in [2.05, 4.69) is 23.6 Å². The first-order valence-electron chi connectivity index (χ1n) is 10.4. The Morgan fingerprint density at radius 1 is 1.26 bits per heavy atom. The van der Waals surface area contributed by atoms with Crippen molar-refractivity contribution in [3.05, 3.63) is 16.7 Å². The predicted octanol–water partition coefficient (Wildman–Crippen LogP) is 0.426. The summed E-state index contributed by atoms with van der Waals surface area (Å²) in [6.07, 6.45) is -1.21. The highest BCUT2D eigenvalue weighted by Crippen LogP contribution is 2.66. The number of nitrogens with one attached hydrogen (secondary N) is 1. The van der Waals surface area contributed by atoms with Crippen LogP contribution in [0, 0.1) is 0 Å². The molecule has 1 aliphatic heterocycles. The second-order valence-electron chi connectivity index (χ2n) is 8.66. The van der Waals surface area contributed by atoms with Gasteiger partial charge in [-0.1, -0.05) is 35.4 Å². The van der Waals surface area contributed by atoms with Gasteiger partial charge < -0.3 is 34.8 Å². The van der Waals surface area contributed by atoms with E-state index < -0.39 is 54.1 Å². The maximum absolute atomic E-state index is 12.2. The summed E-state index contributed by atoms with van der Waals surface area (Å²) in [5, 5.41) is 0. The average Bonchev–Trinajstić information content (AvgIpc) is 3.30. The molecule has 1 fully saturated rings. The zero-order chi connectivity index (χ0) is 28.5. The molecule has 24 heteroatoms. The third-order valence-corrected chi connectivity index (χ3v) is 11.2. The van der Waals surface area contributed by atoms with Gasteiger partial charge in [-0.2, -0.15) is 13.6 Å². The van der Waals surface area contributed by atoms with Crippen LogP contribution in [0.4, 0.5) is 5.95 Å². The van der Waals surface area contributed by atoms with E-state index in [1.165, 1.54) is 21.7 Å². The van der Waals surface area contributed by atoms with Crippen LogP contribution in [-0.2, 0) is 36.3 Å². The van der Waals surface area contributed by atoms with Crippen LogP contribution in [0.2, 0.25) is 0 Å². The van der Waals surface area contributed by atoms with Crippen molar-refractivity contribution in [2.75, 3.05) is 18.3 Å². The first kappa shape index (κ1) is 31.8. The largest absolute Gasteiger partial charge is 0.490 e. The minimum atomic E-state index is -5.68. The van der Waals surface area contributed by atoms with Gasteiger partial charge in [-0.15, -0.1) is 0 Å². The van der Waals surface area contributed by atoms with Crippen molar-refractivity contribution in [2.24, 2.45) is 0 Å². The Balaban J connectivity index is 1.75. The Morgan fingerprint density at radius 2 is 1.95 bits per heavy atom. The number of phosphoric acid groups is 3. The van der Waals surface area contributed by atoms with Crippen LogP contribution in [0.5, 0.6) is 0 Å². The standard InChI is InChI=1S/C14H25BN5O13P3S2/c1-14(2,15)38-37-6-29-7-3-9(20-5-17-10-11(20)18-13(16)19-12(10)21)31-8(7)4-30-35(25,26)33-36(27,28)32-34(22,23)24/h5,7-9H,3-4,6,15H2,1-2H3,(H,25,26)(H,27,28)(H2,22,23,24)(H3,16,18,19,21)/t7-,8?,9-/m1/s1. The van der Waals surface area contributed by atoms with Crippen molar-refractivity contribution in [1.29, 1.82) is 0 Å². The summed E-state index contributed by atoms with van der Waals surface area (Å²) in [6.45, 7) is 3.30. The number of rotatable bonds is 13. The Hall–Kier alpha value is -0.755. The van der Waals surface area contributed by atoms with E-state index in [1.807, 2.05) is 21.7 Å². The number of nitrogens with zero attached hydrogens (tertiary/aromatic N) is 3. The van der Waals surface area contributed by atoms with E-state index in [9.17, 15) is 28.3 Å². The summed E-state index contributed by atoms with van der Waals surface area (Å²) < 4.78 is 59.9. The number of anilines is 1. The molecule has 0 spiro atoms. The lowest BCUT2D eigenvalue weighted by Gasteiger charge is -2.22. The summed E-state index contributed by atoms with van der Waals surface area (Å²) >= 11 is 0. The number of phosphoric ester groups is 1. The van der Waals surface area contributed by atoms with Crippen molar-refractivity contribution < 1.29 is 55.9 Å². The van der Waals surface area contributed by atoms with Gasteiger partial charge in [-0.05, 0) is 4.65 Å². The lowest BCUT2D eigenvalue weighted by molar-refractivity contribution is -0.0522. The molecule has 1 aliphatic rings. The second kappa shape index (κ2) is 12.0. The first-order chi connectivity index (χ1) is 17.3. The highest BCUT2D eigenvalue weighted by molar-refractivity contribution is 8.77. The molecule has 1 saturated heterocycles. The van der Waals surface area contributed by atoms with Crippen LogP contribution < -0.4 is 11.3 Å². The molecular formula is C14H25BN5O13P3S2. The maximum Gasteiger partial charge on any atom is 0.490 e. The van der Waals surface area contributed by atoms with Gasteiger partial charge in [0.25, 0.3) is 5.56 Å². The molecule has 2 aromatic rings. The third kappa shape index (κ3) is 9.42. The predicted molar refractivity (Wildman–Crippen MR) is 138 cm³/mol. The highest BCUT2D eigenvalue weighted by Gasteiger charge is 2.43. The molecule has 5 atom stereocenters. The number of nitrogens with two attached hydrogens (primary N) is 1. The average molecular weight is 639 g/mol. The number of fused-ring (bicyclic) bond motifs is 1. The maximum atomic E-state index is 12.2. The number of nitrogen functional groups attached to an aromatic ring is 1. The molecule has 0 radical (unpaired) electrons. The summed E-state index contributed by atoms with van der Waals surface area (Å²) in [7, 11) is -11.6. The zero-order valence-corrected chi connectivity index (χ0v) is 24.3. The molecule has 214 valence electrons. The zero-order valence-electron chi connectivity index (χ0n) is 20.0.